The third kappa shape index (κ3) is 3.26. The lowest BCUT2D eigenvalue weighted by atomic mass is 10.0. The van der Waals surface area contributed by atoms with E-state index in [4.69, 9.17) is 14.3 Å². The van der Waals surface area contributed by atoms with E-state index >= 15 is 0 Å². The Balaban J connectivity index is 2.32. The normalized spacial score (nSPS) is 10.8. The van der Waals surface area contributed by atoms with E-state index in [9.17, 15) is 9.59 Å². The number of rotatable bonds is 4. The van der Waals surface area contributed by atoms with Gasteiger partial charge in [0.15, 0.2) is 12.4 Å². The van der Waals surface area contributed by atoms with Gasteiger partial charge >= 0.3 is 5.97 Å². The molecule has 0 saturated carbocycles. The summed E-state index contributed by atoms with van der Waals surface area (Å²) in [5, 5.41) is 9.31. The van der Waals surface area contributed by atoms with Gasteiger partial charge in [-0.1, -0.05) is 35.9 Å². The van der Waals surface area contributed by atoms with Crippen LogP contribution in [-0.2, 0) is 4.79 Å². The molecule has 3 aromatic rings. The maximum atomic E-state index is 13.0. The topological polar surface area (TPSA) is 76.7 Å². The quantitative estimate of drug-likeness (QED) is 0.782. The zero-order chi connectivity index (χ0) is 18.1. The number of aryl methyl sites for hydroxylation is 3. The highest BCUT2D eigenvalue weighted by Gasteiger charge is 2.20. The van der Waals surface area contributed by atoms with Crippen molar-refractivity contribution in [2.45, 2.75) is 20.8 Å². The minimum absolute atomic E-state index is 0.0780. The standard InChI is InChI=1S/C20H18O5/c1-11-4-6-14(7-5-11)19-20(24-10-16(21)22)18(23)17-13(3)8-12(2)9-15(17)25-19/h4-9H,10H2,1-3H3,(H,21,22). The first-order valence-corrected chi connectivity index (χ1v) is 7.86. The molecule has 0 spiro atoms. The Morgan fingerprint density at radius 2 is 1.76 bits per heavy atom. The van der Waals surface area contributed by atoms with Crippen molar-refractivity contribution in [3.05, 3.63) is 63.3 Å². The smallest absolute Gasteiger partial charge is 0.341 e. The molecule has 2 aromatic carbocycles. The summed E-state index contributed by atoms with van der Waals surface area (Å²) >= 11 is 0. The SMILES string of the molecule is Cc1ccc(-c2oc3cc(C)cc(C)c3c(=O)c2OCC(=O)O)cc1. The molecule has 1 heterocycles. The summed E-state index contributed by atoms with van der Waals surface area (Å²) in [6.07, 6.45) is 0. The first-order valence-electron chi connectivity index (χ1n) is 7.86. The molecule has 5 heteroatoms. The maximum absolute atomic E-state index is 13.0. The van der Waals surface area contributed by atoms with E-state index in [-0.39, 0.29) is 16.9 Å². The van der Waals surface area contributed by atoms with E-state index < -0.39 is 12.6 Å². The Hall–Kier alpha value is -3.08. The van der Waals surface area contributed by atoms with E-state index in [0.717, 1.165) is 16.7 Å². The van der Waals surface area contributed by atoms with Gasteiger partial charge in [0.1, 0.15) is 5.58 Å². The van der Waals surface area contributed by atoms with Gasteiger partial charge < -0.3 is 14.3 Å². The Morgan fingerprint density at radius 3 is 2.40 bits per heavy atom. The Kier molecular flexibility index (Phi) is 4.31. The predicted molar refractivity (Wildman–Crippen MR) is 95.3 cm³/mol. The molecule has 0 radical (unpaired) electrons. The van der Waals surface area contributed by atoms with Gasteiger partial charge in [-0.25, -0.2) is 4.79 Å². The highest BCUT2D eigenvalue weighted by molar-refractivity contribution is 5.85. The van der Waals surface area contributed by atoms with Gasteiger partial charge in [0.25, 0.3) is 0 Å². The number of carboxylic acids is 1. The molecule has 1 N–H and O–H groups in total. The van der Waals surface area contributed by atoms with Gasteiger partial charge in [-0.05, 0) is 38.0 Å². The van der Waals surface area contributed by atoms with Crippen molar-refractivity contribution in [2.24, 2.45) is 0 Å². The summed E-state index contributed by atoms with van der Waals surface area (Å²) in [6.45, 7) is 5.08. The van der Waals surface area contributed by atoms with E-state index in [1.165, 1.54) is 0 Å². The summed E-state index contributed by atoms with van der Waals surface area (Å²) in [7, 11) is 0. The molecular formula is C20H18O5. The van der Waals surface area contributed by atoms with Crippen molar-refractivity contribution >= 4 is 16.9 Å². The van der Waals surface area contributed by atoms with Crippen molar-refractivity contribution in [2.75, 3.05) is 6.61 Å². The minimum Gasteiger partial charge on any atom is -0.479 e. The fraction of sp³-hybridized carbons (Fsp3) is 0.200. The van der Waals surface area contributed by atoms with Crippen LogP contribution in [0, 0.1) is 20.8 Å². The number of benzene rings is 2. The van der Waals surface area contributed by atoms with E-state index in [1.807, 2.05) is 51.1 Å². The van der Waals surface area contributed by atoms with Gasteiger partial charge in [-0.2, -0.15) is 0 Å². The van der Waals surface area contributed by atoms with Crippen LogP contribution >= 0.6 is 0 Å². The first-order chi connectivity index (χ1) is 11.9. The molecule has 0 aliphatic carbocycles. The fourth-order valence-corrected chi connectivity index (χ4v) is 2.83. The molecule has 0 bridgehead atoms. The molecule has 128 valence electrons. The second kappa shape index (κ2) is 6.43. The van der Waals surface area contributed by atoms with Crippen LogP contribution in [-0.4, -0.2) is 17.7 Å². The van der Waals surface area contributed by atoms with Crippen LogP contribution in [0.5, 0.6) is 5.75 Å². The predicted octanol–water partition coefficient (Wildman–Crippen LogP) is 3.85. The highest BCUT2D eigenvalue weighted by Crippen LogP contribution is 2.32. The molecule has 25 heavy (non-hydrogen) atoms. The summed E-state index contributed by atoms with van der Waals surface area (Å²) in [5.74, 6) is -0.996. The van der Waals surface area contributed by atoms with Crippen molar-refractivity contribution in [1.29, 1.82) is 0 Å². The average molecular weight is 338 g/mol. The average Bonchev–Trinajstić information content (AvgIpc) is 2.53. The van der Waals surface area contributed by atoms with Crippen molar-refractivity contribution in [1.82, 2.24) is 0 Å². The van der Waals surface area contributed by atoms with Crippen LogP contribution in [0.4, 0.5) is 0 Å². The summed E-state index contributed by atoms with van der Waals surface area (Å²) in [5.41, 5.74) is 3.55. The van der Waals surface area contributed by atoms with Crippen LogP contribution < -0.4 is 10.2 Å². The summed E-state index contributed by atoms with van der Waals surface area (Å²) < 4.78 is 11.3. The van der Waals surface area contributed by atoms with Crippen molar-refractivity contribution in [3.63, 3.8) is 0 Å². The highest BCUT2D eigenvalue weighted by atomic mass is 16.5. The number of fused-ring (bicyclic) bond motifs is 1. The minimum atomic E-state index is -1.16. The molecule has 0 amide bonds. The number of aliphatic carboxylic acids is 1. The molecule has 0 atom stereocenters. The number of carbonyl (C=O) groups is 1. The Bertz CT molecular complexity index is 1010. The first kappa shape index (κ1) is 16.8. The molecule has 0 aliphatic heterocycles. The molecule has 0 aliphatic rings. The Labute approximate surface area is 144 Å². The molecule has 3 rings (SSSR count). The second-order valence-corrected chi connectivity index (χ2v) is 6.09. The lowest BCUT2D eigenvalue weighted by Gasteiger charge is -2.12. The molecule has 5 nitrogen and oxygen atoms in total. The van der Waals surface area contributed by atoms with Gasteiger partial charge in [0.05, 0.1) is 5.39 Å². The monoisotopic (exact) mass is 338 g/mol. The second-order valence-electron chi connectivity index (χ2n) is 6.09. The lowest BCUT2D eigenvalue weighted by molar-refractivity contribution is -0.139. The van der Waals surface area contributed by atoms with Crippen molar-refractivity contribution < 1.29 is 19.1 Å². The number of hydrogen-bond acceptors (Lipinski definition) is 4. The number of carboxylic acid groups (broad SMARTS) is 1. The molecular weight excluding hydrogens is 320 g/mol. The van der Waals surface area contributed by atoms with E-state index in [1.54, 1.807) is 6.07 Å². The van der Waals surface area contributed by atoms with Crippen LogP contribution in [0.25, 0.3) is 22.3 Å². The summed E-state index contributed by atoms with van der Waals surface area (Å²) in [6, 6.07) is 11.1. The van der Waals surface area contributed by atoms with Crippen LogP contribution in [0.1, 0.15) is 16.7 Å². The van der Waals surface area contributed by atoms with E-state index in [2.05, 4.69) is 0 Å². The van der Waals surface area contributed by atoms with Gasteiger partial charge in [-0.3, -0.25) is 4.79 Å². The van der Waals surface area contributed by atoms with Crippen molar-refractivity contribution in [3.8, 4) is 17.1 Å². The number of ether oxygens (including phenoxy) is 1. The zero-order valence-corrected chi connectivity index (χ0v) is 14.3. The van der Waals surface area contributed by atoms with Crippen LogP contribution in [0.2, 0.25) is 0 Å². The third-order valence-electron chi connectivity index (χ3n) is 3.95. The molecule has 0 fully saturated rings. The van der Waals surface area contributed by atoms with Crippen LogP contribution in [0.15, 0.2) is 45.6 Å². The van der Waals surface area contributed by atoms with Crippen LogP contribution in [0.3, 0.4) is 0 Å². The Morgan fingerprint density at radius 1 is 1.08 bits per heavy atom. The molecule has 0 saturated heterocycles. The third-order valence-corrected chi connectivity index (χ3v) is 3.95. The van der Waals surface area contributed by atoms with Gasteiger partial charge in [-0.15, -0.1) is 0 Å². The summed E-state index contributed by atoms with van der Waals surface area (Å²) in [4.78, 5) is 23.9. The molecule has 0 unspecified atom stereocenters. The van der Waals surface area contributed by atoms with Gasteiger partial charge in [0, 0.05) is 5.56 Å². The van der Waals surface area contributed by atoms with E-state index in [0.29, 0.717) is 16.5 Å². The maximum Gasteiger partial charge on any atom is 0.341 e. The largest absolute Gasteiger partial charge is 0.479 e. The van der Waals surface area contributed by atoms with Gasteiger partial charge in [0.2, 0.25) is 11.2 Å². The lowest BCUT2D eigenvalue weighted by Crippen LogP contribution is -2.16. The molecule has 1 aromatic heterocycles. The fourth-order valence-electron chi connectivity index (χ4n) is 2.83. The zero-order valence-electron chi connectivity index (χ0n) is 14.3. The number of hydrogen-bond donors (Lipinski definition) is 1.